The lowest BCUT2D eigenvalue weighted by Crippen LogP contribution is -2.14. The van der Waals surface area contributed by atoms with E-state index in [9.17, 15) is 10.2 Å². The first-order valence-corrected chi connectivity index (χ1v) is 8.10. The largest absolute Gasteiger partial charge is 0.431 e. The Balaban J connectivity index is 1.54. The number of aromatic nitrogens is 1. The smallest absolute Gasteiger partial charge is 0.256 e. The summed E-state index contributed by atoms with van der Waals surface area (Å²) in [6.45, 7) is 0. The number of fused-ring (bicyclic) bond motifs is 1. The summed E-state index contributed by atoms with van der Waals surface area (Å²) in [6, 6.07) is 16.9. The van der Waals surface area contributed by atoms with Gasteiger partial charge in [-0.15, -0.1) is 0 Å². The van der Waals surface area contributed by atoms with Crippen molar-refractivity contribution in [1.82, 2.24) is 4.98 Å². The van der Waals surface area contributed by atoms with Crippen molar-refractivity contribution in [1.29, 1.82) is 0 Å². The zero-order chi connectivity index (χ0) is 15.4. The zero-order valence-electron chi connectivity index (χ0n) is 11.9. The number of rotatable bonds is 6. The second-order valence-electron chi connectivity index (χ2n) is 5.07. The van der Waals surface area contributed by atoms with Crippen molar-refractivity contribution < 1.29 is 14.6 Å². The maximum absolute atomic E-state index is 10.1. The van der Waals surface area contributed by atoms with E-state index in [-0.39, 0.29) is 6.42 Å². The standard InChI is InChI=1S/C17H17NO3S/c19-13(10-15(20)12-6-2-1-3-7-12)11-22-17-18-14-8-4-5-9-16(14)21-17/h1-9,13,15,19-20H,10-11H2. The van der Waals surface area contributed by atoms with Crippen molar-refractivity contribution in [2.75, 3.05) is 5.75 Å². The van der Waals surface area contributed by atoms with Gasteiger partial charge in [-0.05, 0) is 17.7 Å². The molecule has 0 fully saturated rings. The zero-order valence-corrected chi connectivity index (χ0v) is 12.7. The summed E-state index contributed by atoms with van der Waals surface area (Å²) in [5, 5.41) is 20.7. The van der Waals surface area contributed by atoms with E-state index in [1.165, 1.54) is 11.8 Å². The highest BCUT2D eigenvalue weighted by atomic mass is 32.2. The maximum atomic E-state index is 10.1. The molecule has 0 bridgehead atoms. The van der Waals surface area contributed by atoms with E-state index in [2.05, 4.69) is 4.98 Å². The highest BCUT2D eigenvalue weighted by Gasteiger charge is 2.15. The average molecular weight is 315 g/mol. The number of aliphatic hydroxyl groups excluding tert-OH is 2. The van der Waals surface area contributed by atoms with Crippen LogP contribution >= 0.6 is 11.8 Å². The van der Waals surface area contributed by atoms with Crippen LogP contribution in [0.5, 0.6) is 0 Å². The van der Waals surface area contributed by atoms with Gasteiger partial charge in [0.1, 0.15) is 5.52 Å². The van der Waals surface area contributed by atoms with Gasteiger partial charge in [0.05, 0.1) is 12.2 Å². The second kappa shape index (κ2) is 6.96. The van der Waals surface area contributed by atoms with Gasteiger partial charge < -0.3 is 14.6 Å². The van der Waals surface area contributed by atoms with Gasteiger partial charge in [-0.1, -0.05) is 54.2 Å². The number of thioether (sulfide) groups is 1. The van der Waals surface area contributed by atoms with E-state index < -0.39 is 12.2 Å². The summed E-state index contributed by atoms with van der Waals surface area (Å²) in [5.41, 5.74) is 2.36. The molecule has 0 amide bonds. The molecule has 0 saturated carbocycles. The van der Waals surface area contributed by atoms with Gasteiger partial charge in [0, 0.05) is 12.2 Å². The molecule has 0 aliphatic carbocycles. The molecule has 5 heteroatoms. The Morgan fingerprint density at radius 2 is 1.73 bits per heavy atom. The number of benzene rings is 2. The quantitative estimate of drug-likeness (QED) is 0.682. The Hall–Kier alpha value is -1.82. The normalized spacial score (nSPS) is 14.1. The maximum Gasteiger partial charge on any atom is 0.256 e. The summed E-state index contributed by atoms with van der Waals surface area (Å²) in [4.78, 5) is 4.34. The Morgan fingerprint density at radius 3 is 2.50 bits per heavy atom. The van der Waals surface area contributed by atoms with Gasteiger partial charge in [-0.3, -0.25) is 0 Å². The average Bonchev–Trinajstić information content (AvgIpc) is 2.96. The number of aliphatic hydroxyl groups is 2. The van der Waals surface area contributed by atoms with Crippen LogP contribution in [-0.2, 0) is 0 Å². The van der Waals surface area contributed by atoms with Crippen molar-refractivity contribution in [3.8, 4) is 0 Å². The molecule has 3 aromatic rings. The van der Waals surface area contributed by atoms with E-state index in [0.29, 0.717) is 11.0 Å². The monoisotopic (exact) mass is 315 g/mol. The van der Waals surface area contributed by atoms with Gasteiger partial charge in [-0.2, -0.15) is 0 Å². The van der Waals surface area contributed by atoms with Crippen LogP contribution in [0.1, 0.15) is 18.1 Å². The van der Waals surface area contributed by atoms with Gasteiger partial charge >= 0.3 is 0 Å². The molecule has 4 nitrogen and oxygen atoms in total. The molecule has 0 radical (unpaired) electrons. The van der Waals surface area contributed by atoms with E-state index >= 15 is 0 Å². The summed E-state index contributed by atoms with van der Waals surface area (Å²) in [6.07, 6.45) is -1.01. The van der Waals surface area contributed by atoms with Crippen LogP contribution in [0.15, 0.2) is 64.2 Å². The molecule has 114 valence electrons. The van der Waals surface area contributed by atoms with E-state index in [0.717, 1.165) is 16.7 Å². The van der Waals surface area contributed by atoms with Gasteiger partial charge in [0.2, 0.25) is 0 Å². The number of para-hydroxylation sites is 2. The molecular formula is C17H17NO3S. The lowest BCUT2D eigenvalue weighted by Gasteiger charge is -2.15. The number of hydrogen-bond donors (Lipinski definition) is 2. The Bertz CT molecular complexity index is 696. The summed E-state index contributed by atoms with van der Waals surface area (Å²) >= 11 is 1.35. The molecule has 2 aromatic carbocycles. The number of hydrogen-bond acceptors (Lipinski definition) is 5. The molecule has 0 aliphatic rings. The molecule has 0 spiro atoms. The minimum atomic E-state index is -0.666. The molecule has 1 aromatic heterocycles. The third kappa shape index (κ3) is 3.68. The van der Waals surface area contributed by atoms with Crippen LogP contribution in [0.2, 0.25) is 0 Å². The molecule has 1 heterocycles. The summed E-state index contributed by atoms with van der Waals surface area (Å²) in [7, 11) is 0. The van der Waals surface area contributed by atoms with Crippen LogP contribution in [-0.4, -0.2) is 27.1 Å². The molecular weight excluding hydrogens is 298 g/mol. The number of oxazole rings is 1. The first-order valence-electron chi connectivity index (χ1n) is 7.12. The van der Waals surface area contributed by atoms with Crippen LogP contribution in [0.3, 0.4) is 0 Å². The molecule has 2 N–H and O–H groups in total. The predicted octanol–water partition coefficient (Wildman–Crippen LogP) is 3.40. The van der Waals surface area contributed by atoms with Crippen molar-refractivity contribution in [2.24, 2.45) is 0 Å². The molecule has 0 aliphatic heterocycles. The SMILES string of the molecule is OC(CSc1nc2ccccc2o1)CC(O)c1ccccc1. The molecule has 22 heavy (non-hydrogen) atoms. The lowest BCUT2D eigenvalue weighted by molar-refractivity contribution is 0.0930. The third-order valence-corrected chi connectivity index (χ3v) is 4.33. The van der Waals surface area contributed by atoms with Crippen molar-refractivity contribution in [2.45, 2.75) is 23.9 Å². The summed E-state index contributed by atoms with van der Waals surface area (Å²) in [5.74, 6) is 0.427. The van der Waals surface area contributed by atoms with Gasteiger partial charge in [-0.25, -0.2) is 4.98 Å². The fourth-order valence-electron chi connectivity index (χ4n) is 2.22. The van der Waals surface area contributed by atoms with Crippen LogP contribution in [0.4, 0.5) is 0 Å². The van der Waals surface area contributed by atoms with E-state index in [1.807, 2.05) is 54.6 Å². The molecule has 3 rings (SSSR count). The van der Waals surface area contributed by atoms with E-state index in [1.54, 1.807) is 0 Å². The molecule has 2 atom stereocenters. The highest BCUT2D eigenvalue weighted by Crippen LogP contribution is 2.26. The Morgan fingerprint density at radius 1 is 1.00 bits per heavy atom. The molecule has 0 saturated heterocycles. The van der Waals surface area contributed by atoms with Crippen LogP contribution < -0.4 is 0 Å². The highest BCUT2D eigenvalue weighted by molar-refractivity contribution is 7.99. The second-order valence-corrected chi connectivity index (χ2v) is 6.05. The van der Waals surface area contributed by atoms with Gasteiger partial charge in [0.15, 0.2) is 5.58 Å². The Kier molecular flexibility index (Phi) is 4.77. The van der Waals surface area contributed by atoms with Crippen molar-refractivity contribution in [3.63, 3.8) is 0 Å². The van der Waals surface area contributed by atoms with Crippen molar-refractivity contribution >= 4 is 22.9 Å². The van der Waals surface area contributed by atoms with Crippen LogP contribution in [0.25, 0.3) is 11.1 Å². The van der Waals surface area contributed by atoms with E-state index in [4.69, 9.17) is 4.42 Å². The minimum Gasteiger partial charge on any atom is -0.431 e. The third-order valence-electron chi connectivity index (χ3n) is 3.35. The van der Waals surface area contributed by atoms with Gasteiger partial charge in [0.25, 0.3) is 5.22 Å². The fraction of sp³-hybridized carbons (Fsp3) is 0.235. The fourth-order valence-corrected chi connectivity index (χ4v) is 3.00. The topological polar surface area (TPSA) is 66.5 Å². The minimum absolute atomic E-state index is 0.289. The first kappa shape index (κ1) is 15.1. The summed E-state index contributed by atoms with van der Waals surface area (Å²) < 4.78 is 5.59. The lowest BCUT2D eigenvalue weighted by atomic mass is 10.0. The first-order chi connectivity index (χ1) is 10.7. The Labute approximate surface area is 132 Å². The molecule has 2 unspecified atom stereocenters. The van der Waals surface area contributed by atoms with Crippen LogP contribution in [0, 0.1) is 0 Å². The van der Waals surface area contributed by atoms with Crippen molar-refractivity contribution in [3.05, 3.63) is 60.2 Å². The number of nitrogens with zero attached hydrogens (tertiary/aromatic N) is 1. The predicted molar refractivity (Wildman–Crippen MR) is 86.8 cm³/mol.